The Kier molecular flexibility index (Phi) is 4.90. The van der Waals surface area contributed by atoms with Crippen LogP contribution in [-0.4, -0.2) is 34.2 Å². The van der Waals surface area contributed by atoms with Gasteiger partial charge in [0.25, 0.3) is 0 Å². The Morgan fingerprint density at radius 2 is 2.20 bits per heavy atom. The number of benzene rings is 1. The third kappa shape index (κ3) is 3.63. The Labute approximate surface area is 124 Å². The molecule has 2 rings (SSSR count). The van der Waals surface area contributed by atoms with Crippen LogP contribution < -0.4 is 14.8 Å². The summed E-state index contributed by atoms with van der Waals surface area (Å²) in [4.78, 5) is 0.0599. The van der Waals surface area contributed by atoms with Crippen LogP contribution in [0.5, 0.6) is 5.75 Å². The fraction of sp³-hybridized carbons (Fsp3) is 0.538. The first-order chi connectivity index (χ1) is 9.42. The molecule has 0 aliphatic carbocycles. The van der Waals surface area contributed by atoms with Gasteiger partial charge >= 0.3 is 0 Å². The summed E-state index contributed by atoms with van der Waals surface area (Å²) in [6.07, 6.45) is 1.53. The van der Waals surface area contributed by atoms with Crippen LogP contribution in [0.3, 0.4) is 0 Å². The summed E-state index contributed by atoms with van der Waals surface area (Å²) in [6.45, 7) is 2.85. The summed E-state index contributed by atoms with van der Waals surface area (Å²) >= 11 is 6.00. The predicted molar refractivity (Wildman–Crippen MR) is 78.8 cm³/mol. The average molecular weight is 319 g/mol. The van der Waals surface area contributed by atoms with Crippen LogP contribution in [0.2, 0.25) is 5.02 Å². The van der Waals surface area contributed by atoms with Crippen LogP contribution in [0.15, 0.2) is 23.1 Å². The maximum absolute atomic E-state index is 12.4. The van der Waals surface area contributed by atoms with E-state index < -0.39 is 10.0 Å². The first kappa shape index (κ1) is 15.6. The van der Waals surface area contributed by atoms with Crippen molar-refractivity contribution in [2.45, 2.75) is 36.7 Å². The maximum Gasteiger partial charge on any atom is 0.242 e. The van der Waals surface area contributed by atoms with Crippen molar-refractivity contribution in [3.63, 3.8) is 0 Å². The van der Waals surface area contributed by atoms with Crippen LogP contribution in [0, 0.1) is 0 Å². The van der Waals surface area contributed by atoms with Gasteiger partial charge in [-0.3, -0.25) is 0 Å². The van der Waals surface area contributed by atoms with E-state index in [4.69, 9.17) is 16.3 Å². The summed E-state index contributed by atoms with van der Waals surface area (Å²) in [7, 11) is -2.15. The number of methoxy groups -OCH3 is 1. The lowest BCUT2D eigenvalue weighted by molar-refractivity contribution is 0.361. The molecule has 1 heterocycles. The monoisotopic (exact) mass is 318 g/mol. The molecule has 112 valence electrons. The Hall–Kier alpha value is -0.820. The molecule has 2 N–H and O–H groups in total. The molecule has 2 unspecified atom stereocenters. The van der Waals surface area contributed by atoms with E-state index in [1.54, 1.807) is 6.07 Å². The van der Waals surface area contributed by atoms with Crippen molar-refractivity contribution in [1.29, 1.82) is 0 Å². The number of nitrogens with one attached hydrogen (secondary N) is 2. The molecule has 0 aromatic heterocycles. The molecular formula is C13H19ClN2O3S. The van der Waals surface area contributed by atoms with Crippen molar-refractivity contribution in [3.8, 4) is 5.75 Å². The van der Waals surface area contributed by atoms with Gasteiger partial charge in [0.2, 0.25) is 10.0 Å². The van der Waals surface area contributed by atoms with E-state index in [2.05, 4.69) is 10.0 Å². The highest BCUT2D eigenvalue weighted by Crippen LogP contribution is 2.26. The van der Waals surface area contributed by atoms with E-state index in [1.807, 2.05) is 6.92 Å². The Morgan fingerprint density at radius 3 is 2.85 bits per heavy atom. The smallest absolute Gasteiger partial charge is 0.242 e. The van der Waals surface area contributed by atoms with Crippen molar-refractivity contribution in [2.75, 3.05) is 13.7 Å². The number of hydrogen-bond acceptors (Lipinski definition) is 4. The standard InChI is InChI=1S/C13H19ClN2O3S/c1-9-7-10(5-6-15-9)16-20(17,18)13-8-11(19-2)3-4-12(13)14/h3-4,8-10,15-16H,5-7H2,1-2H3. The van der Waals surface area contributed by atoms with Crippen molar-refractivity contribution in [3.05, 3.63) is 23.2 Å². The van der Waals surface area contributed by atoms with E-state index in [-0.39, 0.29) is 16.0 Å². The Balaban J connectivity index is 2.21. The van der Waals surface area contributed by atoms with Gasteiger partial charge in [0.15, 0.2) is 0 Å². The lowest BCUT2D eigenvalue weighted by Gasteiger charge is -2.28. The van der Waals surface area contributed by atoms with E-state index in [1.165, 1.54) is 19.2 Å². The SMILES string of the molecule is COc1ccc(Cl)c(S(=O)(=O)NC2CCNC(C)C2)c1. The van der Waals surface area contributed by atoms with Gasteiger partial charge in [-0.05, 0) is 38.4 Å². The molecule has 1 aliphatic rings. The third-order valence-electron chi connectivity index (χ3n) is 3.37. The minimum absolute atomic E-state index is 0.0599. The lowest BCUT2D eigenvalue weighted by Crippen LogP contribution is -2.46. The summed E-state index contributed by atoms with van der Waals surface area (Å²) in [5.74, 6) is 0.466. The summed E-state index contributed by atoms with van der Waals surface area (Å²) in [5.41, 5.74) is 0. The van der Waals surface area contributed by atoms with Crippen LogP contribution in [0.1, 0.15) is 19.8 Å². The van der Waals surface area contributed by atoms with Gasteiger partial charge in [-0.1, -0.05) is 11.6 Å². The summed E-state index contributed by atoms with van der Waals surface area (Å²) in [6, 6.07) is 4.83. The number of piperidine rings is 1. The molecule has 0 spiro atoms. The molecule has 0 saturated carbocycles. The van der Waals surface area contributed by atoms with E-state index in [0.717, 1.165) is 19.4 Å². The van der Waals surface area contributed by atoms with Crippen molar-refractivity contribution >= 4 is 21.6 Å². The summed E-state index contributed by atoms with van der Waals surface area (Å²) in [5, 5.41) is 3.48. The molecule has 1 aromatic carbocycles. The average Bonchev–Trinajstić information content (AvgIpc) is 2.38. The van der Waals surface area contributed by atoms with Crippen molar-refractivity contribution in [2.24, 2.45) is 0 Å². The fourth-order valence-corrected chi connectivity index (χ4v) is 4.14. The number of rotatable bonds is 4. The number of halogens is 1. The molecule has 1 aromatic rings. The first-order valence-electron chi connectivity index (χ1n) is 6.51. The molecular weight excluding hydrogens is 300 g/mol. The van der Waals surface area contributed by atoms with Gasteiger partial charge in [0, 0.05) is 18.2 Å². The highest BCUT2D eigenvalue weighted by molar-refractivity contribution is 7.89. The van der Waals surface area contributed by atoms with Crippen LogP contribution >= 0.6 is 11.6 Å². The Bertz CT molecular complexity index is 577. The number of hydrogen-bond donors (Lipinski definition) is 2. The molecule has 20 heavy (non-hydrogen) atoms. The van der Waals surface area contributed by atoms with Gasteiger partial charge in [0.1, 0.15) is 10.6 Å². The van der Waals surface area contributed by atoms with Gasteiger partial charge in [-0.25, -0.2) is 13.1 Å². The minimum Gasteiger partial charge on any atom is -0.497 e. The molecule has 1 aliphatic heterocycles. The topological polar surface area (TPSA) is 67.4 Å². The zero-order valence-corrected chi connectivity index (χ0v) is 13.1. The highest BCUT2D eigenvalue weighted by atomic mass is 35.5. The quantitative estimate of drug-likeness (QED) is 0.888. The van der Waals surface area contributed by atoms with Crippen molar-refractivity contribution in [1.82, 2.24) is 10.0 Å². The Morgan fingerprint density at radius 1 is 1.45 bits per heavy atom. The van der Waals surface area contributed by atoms with Gasteiger partial charge < -0.3 is 10.1 Å². The molecule has 5 nitrogen and oxygen atoms in total. The molecule has 1 saturated heterocycles. The minimum atomic E-state index is -3.64. The second-order valence-corrected chi connectivity index (χ2v) is 7.08. The molecule has 0 radical (unpaired) electrons. The van der Waals surface area contributed by atoms with Crippen LogP contribution in [0.25, 0.3) is 0 Å². The zero-order valence-electron chi connectivity index (χ0n) is 11.5. The van der Waals surface area contributed by atoms with Crippen LogP contribution in [-0.2, 0) is 10.0 Å². The zero-order chi connectivity index (χ0) is 14.8. The second-order valence-electron chi connectivity index (χ2n) is 4.99. The molecule has 0 amide bonds. The molecule has 0 bridgehead atoms. The number of ether oxygens (including phenoxy) is 1. The van der Waals surface area contributed by atoms with Gasteiger partial charge in [-0.2, -0.15) is 0 Å². The van der Waals surface area contributed by atoms with E-state index >= 15 is 0 Å². The lowest BCUT2D eigenvalue weighted by atomic mass is 10.0. The van der Waals surface area contributed by atoms with E-state index in [9.17, 15) is 8.42 Å². The summed E-state index contributed by atoms with van der Waals surface area (Å²) < 4.78 is 32.6. The fourth-order valence-electron chi connectivity index (χ4n) is 2.34. The second kappa shape index (κ2) is 6.30. The molecule has 2 atom stereocenters. The highest BCUT2D eigenvalue weighted by Gasteiger charge is 2.26. The molecule has 1 fully saturated rings. The third-order valence-corrected chi connectivity index (χ3v) is 5.38. The maximum atomic E-state index is 12.4. The van der Waals surface area contributed by atoms with E-state index in [0.29, 0.717) is 11.8 Å². The first-order valence-corrected chi connectivity index (χ1v) is 8.38. The normalized spacial score (nSPS) is 23.6. The van der Waals surface area contributed by atoms with Gasteiger partial charge in [0.05, 0.1) is 12.1 Å². The van der Waals surface area contributed by atoms with Gasteiger partial charge in [-0.15, -0.1) is 0 Å². The molecule has 7 heteroatoms. The largest absolute Gasteiger partial charge is 0.497 e. The van der Waals surface area contributed by atoms with Crippen LogP contribution in [0.4, 0.5) is 0 Å². The predicted octanol–water partition coefficient (Wildman–Crippen LogP) is 1.77. The number of sulfonamides is 1. The van der Waals surface area contributed by atoms with Crippen molar-refractivity contribution < 1.29 is 13.2 Å².